The van der Waals surface area contributed by atoms with Crippen LogP contribution in [-0.4, -0.2) is 30.8 Å². The van der Waals surface area contributed by atoms with E-state index in [9.17, 15) is 4.79 Å². The number of rotatable bonds is 6. The first-order chi connectivity index (χ1) is 7.72. The van der Waals surface area contributed by atoms with Crippen molar-refractivity contribution < 1.29 is 9.90 Å². The third kappa shape index (κ3) is 5.48. The monoisotopic (exact) mass is 306 g/mol. The normalized spacial score (nSPS) is 10.1. The van der Waals surface area contributed by atoms with Crippen LogP contribution in [0.2, 0.25) is 0 Å². The highest BCUT2D eigenvalue weighted by Crippen LogP contribution is 2.21. The fraction of sp³-hybridized carbons (Fsp3) is 0.500. The smallest absolute Gasteiger partial charge is 0.314 e. The maximum absolute atomic E-state index is 11.2. The summed E-state index contributed by atoms with van der Waals surface area (Å²) in [5.41, 5.74) is 0. The fourth-order valence-corrected chi connectivity index (χ4v) is 2.61. The van der Waals surface area contributed by atoms with Crippen molar-refractivity contribution in [1.82, 2.24) is 10.6 Å². The molecule has 0 aliphatic carbocycles. The molecule has 1 aromatic rings. The number of nitrogens with one attached hydrogen (secondary N) is 2. The number of thiophene rings is 1. The van der Waals surface area contributed by atoms with Gasteiger partial charge in [0.2, 0.25) is 0 Å². The number of carbonyl (C=O) groups is 1. The molecule has 0 aliphatic rings. The second-order valence-corrected chi connectivity index (χ2v) is 5.76. The Morgan fingerprint density at radius 2 is 2.12 bits per heavy atom. The van der Waals surface area contributed by atoms with Gasteiger partial charge in [-0.2, -0.15) is 0 Å². The highest BCUT2D eigenvalue weighted by atomic mass is 79.9. The van der Waals surface area contributed by atoms with E-state index in [1.54, 1.807) is 11.3 Å². The standard InChI is InChI=1S/C10H15BrN2O2S/c11-9-3-2-8(16-9)4-6-13-10(15)12-5-1-7-14/h2-3,14H,1,4-7H2,(H2,12,13,15). The number of halogens is 1. The molecule has 0 radical (unpaired) electrons. The van der Waals surface area contributed by atoms with E-state index >= 15 is 0 Å². The van der Waals surface area contributed by atoms with E-state index in [0.29, 0.717) is 19.5 Å². The number of hydrogen-bond donors (Lipinski definition) is 3. The average molecular weight is 307 g/mol. The van der Waals surface area contributed by atoms with Gasteiger partial charge in [-0.15, -0.1) is 11.3 Å². The lowest BCUT2D eigenvalue weighted by Crippen LogP contribution is -2.37. The minimum Gasteiger partial charge on any atom is -0.396 e. The molecule has 0 unspecified atom stereocenters. The number of carbonyl (C=O) groups excluding carboxylic acids is 1. The van der Waals surface area contributed by atoms with Crippen LogP contribution >= 0.6 is 27.3 Å². The van der Waals surface area contributed by atoms with Gasteiger partial charge in [-0.1, -0.05) is 0 Å². The third-order valence-corrected chi connectivity index (χ3v) is 3.59. The second kappa shape index (κ2) is 7.65. The Morgan fingerprint density at radius 1 is 1.38 bits per heavy atom. The Hall–Kier alpha value is -0.590. The minimum atomic E-state index is -0.177. The molecule has 0 aliphatic heterocycles. The van der Waals surface area contributed by atoms with Gasteiger partial charge < -0.3 is 15.7 Å². The number of aliphatic hydroxyl groups excluding tert-OH is 1. The van der Waals surface area contributed by atoms with Crippen LogP contribution in [0.25, 0.3) is 0 Å². The van der Waals surface area contributed by atoms with E-state index in [2.05, 4.69) is 26.6 Å². The molecule has 0 atom stereocenters. The van der Waals surface area contributed by atoms with Crippen molar-refractivity contribution in [3.05, 3.63) is 20.8 Å². The van der Waals surface area contributed by atoms with Crippen molar-refractivity contribution in [2.75, 3.05) is 19.7 Å². The van der Waals surface area contributed by atoms with Crippen molar-refractivity contribution in [2.24, 2.45) is 0 Å². The lowest BCUT2D eigenvalue weighted by molar-refractivity contribution is 0.238. The van der Waals surface area contributed by atoms with E-state index in [-0.39, 0.29) is 12.6 Å². The highest BCUT2D eigenvalue weighted by Gasteiger charge is 2.00. The molecule has 2 amide bonds. The Bertz CT molecular complexity index is 330. The molecule has 0 aromatic carbocycles. The second-order valence-electron chi connectivity index (χ2n) is 3.22. The summed E-state index contributed by atoms with van der Waals surface area (Å²) in [6, 6.07) is 3.87. The Kier molecular flexibility index (Phi) is 6.44. The van der Waals surface area contributed by atoms with Gasteiger partial charge in [0.1, 0.15) is 0 Å². The molecule has 0 fully saturated rings. The van der Waals surface area contributed by atoms with Gasteiger partial charge in [0, 0.05) is 24.6 Å². The first-order valence-electron chi connectivity index (χ1n) is 5.09. The summed E-state index contributed by atoms with van der Waals surface area (Å²) in [4.78, 5) is 12.4. The summed E-state index contributed by atoms with van der Waals surface area (Å²) in [5, 5.41) is 13.9. The van der Waals surface area contributed by atoms with E-state index in [0.717, 1.165) is 10.2 Å². The van der Waals surface area contributed by atoms with Crippen molar-refractivity contribution >= 4 is 33.3 Å². The van der Waals surface area contributed by atoms with E-state index in [1.807, 2.05) is 12.1 Å². The van der Waals surface area contributed by atoms with Gasteiger partial charge in [0.25, 0.3) is 0 Å². The van der Waals surface area contributed by atoms with Gasteiger partial charge in [-0.05, 0) is 40.9 Å². The summed E-state index contributed by atoms with van der Waals surface area (Å²) >= 11 is 5.06. The van der Waals surface area contributed by atoms with Crippen LogP contribution in [0.4, 0.5) is 4.79 Å². The third-order valence-electron chi connectivity index (χ3n) is 1.91. The minimum absolute atomic E-state index is 0.101. The zero-order valence-electron chi connectivity index (χ0n) is 8.83. The highest BCUT2D eigenvalue weighted by molar-refractivity contribution is 9.11. The van der Waals surface area contributed by atoms with Gasteiger partial charge in [0.15, 0.2) is 0 Å². The summed E-state index contributed by atoms with van der Waals surface area (Å²) in [6.45, 7) is 1.23. The van der Waals surface area contributed by atoms with Crippen molar-refractivity contribution in [2.45, 2.75) is 12.8 Å². The first kappa shape index (κ1) is 13.5. The van der Waals surface area contributed by atoms with Crippen molar-refractivity contribution in [3.63, 3.8) is 0 Å². The predicted octanol–water partition coefficient (Wildman–Crippen LogP) is 1.73. The van der Waals surface area contributed by atoms with Crippen LogP contribution in [0.1, 0.15) is 11.3 Å². The van der Waals surface area contributed by atoms with Crippen LogP contribution < -0.4 is 10.6 Å². The maximum atomic E-state index is 11.2. The summed E-state index contributed by atoms with van der Waals surface area (Å²) in [7, 11) is 0. The van der Waals surface area contributed by atoms with Gasteiger partial charge in [0.05, 0.1) is 3.79 Å². The summed E-state index contributed by atoms with van der Waals surface area (Å²) in [6.07, 6.45) is 1.43. The molecule has 6 heteroatoms. The van der Waals surface area contributed by atoms with Crippen LogP contribution in [0.5, 0.6) is 0 Å². The molecular formula is C10H15BrN2O2S. The van der Waals surface area contributed by atoms with E-state index in [1.165, 1.54) is 4.88 Å². The van der Waals surface area contributed by atoms with Crippen molar-refractivity contribution in [1.29, 1.82) is 0 Å². The maximum Gasteiger partial charge on any atom is 0.314 e. The first-order valence-corrected chi connectivity index (χ1v) is 6.70. The lowest BCUT2D eigenvalue weighted by atomic mass is 10.3. The number of amides is 2. The fourth-order valence-electron chi connectivity index (χ4n) is 1.13. The molecule has 0 saturated heterocycles. The summed E-state index contributed by atoms with van der Waals surface area (Å²) in [5.74, 6) is 0. The molecule has 4 nitrogen and oxygen atoms in total. The SMILES string of the molecule is O=C(NCCCO)NCCc1ccc(Br)s1. The van der Waals surface area contributed by atoms with Gasteiger partial charge in [-0.25, -0.2) is 4.79 Å². The Morgan fingerprint density at radius 3 is 2.75 bits per heavy atom. The molecule has 0 bridgehead atoms. The number of urea groups is 1. The number of aliphatic hydroxyl groups is 1. The quantitative estimate of drug-likeness (QED) is 0.701. The van der Waals surface area contributed by atoms with Gasteiger partial charge in [-0.3, -0.25) is 0 Å². The molecule has 90 valence electrons. The predicted molar refractivity (Wildman–Crippen MR) is 68.8 cm³/mol. The van der Waals surface area contributed by atoms with Crippen molar-refractivity contribution in [3.8, 4) is 0 Å². The Balaban J connectivity index is 2.08. The summed E-state index contributed by atoms with van der Waals surface area (Å²) < 4.78 is 1.11. The van der Waals surface area contributed by atoms with E-state index in [4.69, 9.17) is 5.11 Å². The topological polar surface area (TPSA) is 61.4 Å². The molecule has 0 spiro atoms. The largest absolute Gasteiger partial charge is 0.396 e. The molecule has 0 saturated carbocycles. The zero-order chi connectivity index (χ0) is 11.8. The van der Waals surface area contributed by atoms with Crippen LogP contribution in [0.3, 0.4) is 0 Å². The molecule has 1 aromatic heterocycles. The van der Waals surface area contributed by atoms with Crippen LogP contribution in [0.15, 0.2) is 15.9 Å². The van der Waals surface area contributed by atoms with E-state index < -0.39 is 0 Å². The molecule has 1 rings (SSSR count). The molecule has 3 N–H and O–H groups in total. The molecule has 1 heterocycles. The number of hydrogen-bond acceptors (Lipinski definition) is 3. The van der Waals surface area contributed by atoms with Crippen LogP contribution in [0, 0.1) is 0 Å². The molecule has 16 heavy (non-hydrogen) atoms. The zero-order valence-corrected chi connectivity index (χ0v) is 11.2. The average Bonchev–Trinajstić information content (AvgIpc) is 2.65. The van der Waals surface area contributed by atoms with Gasteiger partial charge >= 0.3 is 6.03 Å². The molecular weight excluding hydrogens is 292 g/mol. The lowest BCUT2D eigenvalue weighted by Gasteiger charge is -2.05. The van der Waals surface area contributed by atoms with Crippen LogP contribution in [-0.2, 0) is 6.42 Å². The Labute approximate surface area is 107 Å².